The Morgan fingerprint density at radius 1 is 1.13 bits per heavy atom. The van der Waals surface area contributed by atoms with Crippen molar-refractivity contribution < 1.29 is 18.9 Å². The number of nitrogens with one attached hydrogen (secondary N) is 1. The van der Waals surface area contributed by atoms with E-state index in [1.54, 1.807) is 14.2 Å². The van der Waals surface area contributed by atoms with Crippen LogP contribution in [0.3, 0.4) is 0 Å². The normalized spacial score (nSPS) is 18.6. The van der Waals surface area contributed by atoms with E-state index in [0.717, 1.165) is 33.9 Å². The van der Waals surface area contributed by atoms with Crippen LogP contribution in [0.25, 0.3) is 16.7 Å². The van der Waals surface area contributed by atoms with Crippen molar-refractivity contribution in [1.29, 1.82) is 0 Å². The van der Waals surface area contributed by atoms with E-state index in [0.29, 0.717) is 6.61 Å². The topological polar surface area (TPSA) is 49.0 Å². The minimum absolute atomic E-state index is 0.101. The number of rotatable bonds is 6. The zero-order chi connectivity index (χ0) is 21.3. The molecule has 30 heavy (non-hydrogen) atoms. The van der Waals surface area contributed by atoms with Crippen LogP contribution in [0.1, 0.15) is 38.0 Å². The van der Waals surface area contributed by atoms with E-state index in [9.17, 15) is 0 Å². The van der Waals surface area contributed by atoms with Gasteiger partial charge in [0.1, 0.15) is 24.4 Å². The van der Waals surface area contributed by atoms with Crippen LogP contribution in [0, 0.1) is 0 Å². The van der Waals surface area contributed by atoms with Crippen LogP contribution in [-0.2, 0) is 9.47 Å². The standard InChI is InChI=1S/C25H29NO4/c1-16-14-25(2,3)26-18-12-11-17-23-19(28-5)8-6-9-20(23)30-21(24(17)22(16)18)10-7-13-29-15-27-4/h6-12,14,21,26H,13,15H2,1-5H3/b10-7+. The molecule has 2 aliphatic rings. The van der Waals surface area contributed by atoms with Gasteiger partial charge < -0.3 is 24.3 Å². The summed E-state index contributed by atoms with van der Waals surface area (Å²) in [6.07, 6.45) is 6.09. The molecule has 2 aliphatic heterocycles. The number of allylic oxidation sites excluding steroid dienone is 1. The van der Waals surface area contributed by atoms with Gasteiger partial charge in [0.05, 0.1) is 24.8 Å². The van der Waals surface area contributed by atoms with E-state index >= 15 is 0 Å². The molecule has 158 valence electrons. The Balaban J connectivity index is 1.86. The van der Waals surface area contributed by atoms with Crippen molar-refractivity contribution in [2.75, 3.05) is 32.9 Å². The number of ether oxygens (including phenoxy) is 4. The highest BCUT2D eigenvalue weighted by Crippen LogP contribution is 2.52. The third-order valence-electron chi connectivity index (χ3n) is 5.42. The van der Waals surface area contributed by atoms with Crippen molar-refractivity contribution in [2.24, 2.45) is 0 Å². The number of fused-ring (bicyclic) bond motifs is 5. The predicted octanol–water partition coefficient (Wildman–Crippen LogP) is 5.58. The van der Waals surface area contributed by atoms with Gasteiger partial charge in [0.15, 0.2) is 0 Å². The first-order chi connectivity index (χ1) is 14.4. The fourth-order valence-electron chi connectivity index (χ4n) is 4.41. The van der Waals surface area contributed by atoms with Gasteiger partial charge in [-0.1, -0.05) is 24.3 Å². The fourth-order valence-corrected chi connectivity index (χ4v) is 4.41. The van der Waals surface area contributed by atoms with Crippen LogP contribution in [-0.4, -0.2) is 33.2 Å². The van der Waals surface area contributed by atoms with Crippen molar-refractivity contribution in [3.05, 3.63) is 59.7 Å². The summed E-state index contributed by atoms with van der Waals surface area (Å²) < 4.78 is 22.5. The zero-order valence-corrected chi connectivity index (χ0v) is 18.2. The van der Waals surface area contributed by atoms with Crippen LogP contribution in [0.5, 0.6) is 11.5 Å². The highest BCUT2D eigenvalue weighted by atomic mass is 16.7. The minimum Gasteiger partial charge on any atom is -0.496 e. The van der Waals surface area contributed by atoms with Crippen molar-refractivity contribution in [2.45, 2.75) is 32.4 Å². The highest BCUT2D eigenvalue weighted by Gasteiger charge is 2.33. The van der Waals surface area contributed by atoms with Gasteiger partial charge in [-0.2, -0.15) is 0 Å². The van der Waals surface area contributed by atoms with E-state index in [1.165, 1.54) is 11.1 Å². The maximum atomic E-state index is 6.47. The van der Waals surface area contributed by atoms with Gasteiger partial charge in [0, 0.05) is 23.9 Å². The third kappa shape index (κ3) is 3.71. The lowest BCUT2D eigenvalue weighted by atomic mass is 9.81. The molecule has 0 aliphatic carbocycles. The quantitative estimate of drug-likeness (QED) is 0.385. The lowest BCUT2D eigenvalue weighted by Gasteiger charge is -2.36. The molecule has 0 radical (unpaired) electrons. The summed E-state index contributed by atoms with van der Waals surface area (Å²) in [6, 6.07) is 10.3. The van der Waals surface area contributed by atoms with E-state index in [2.05, 4.69) is 50.4 Å². The molecule has 5 nitrogen and oxygen atoms in total. The van der Waals surface area contributed by atoms with E-state index in [-0.39, 0.29) is 18.4 Å². The first-order valence-corrected chi connectivity index (χ1v) is 10.2. The summed E-state index contributed by atoms with van der Waals surface area (Å²) in [5.74, 6) is 1.63. The lowest BCUT2D eigenvalue weighted by molar-refractivity contribution is -0.0188. The molecule has 5 heteroatoms. The summed E-state index contributed by atoms with van der Waals surface area (Å²) in [4.78, 5) is 0. The molecule has 1 unspecified atom stereocenters. The van der Waals surface area contributed by atoms with E-state index in [4.69, 9.17) is 18.9 Å². The molecule has 2 heterocycles. The average Bonchev–Trinajstić information content (AvgIpc) is 2.71. The SMILES string of the molecule is COCOC/C=C/C1Oc2cccc(OC)c2-c2ccc3c(c21)C(C)=CC(C)(C)N3. The largest absolute Gasteiger partial charge is 0.496 e. The second-order valence-corrected chi connectivity index (χ2v) is 8.20. The molecular weight excluding hydrogens is 378 g/mol. The van der Waals surface area contributed by atoms with E-state index < -0.39 is 0 Å². The second kappa shape index (κ2) is 8.17. The van der Waals surface area contributed by atoms with Crippen molar-refractivity contribution in [3.63, 3.8) is 0 Å². The Labute approximate surface area is 178 Å². The summed E-state index contributed by atoms with van der Waals surface area (Å²) in [5.41, 5.74) is 6.72. The van der Waals surface area contributed by atoms with Crippen molar-refractivity contribution >= 4 is 11.3 Å². The Kier molecular flexibility index (Phi) is 5.58. The van der Waals surface area contributed by atoms with E-state index in [1.807, 2.05) is 24.3 Å². The summed E-state index contributed by atoms with van der Waals surface area (Å²) in [6.45, 7) is 7.25. The van der Waals surface area contributed by atoms with Gasteiger partial charge in [-0.3, -0.25) is 0 Å². The summed E-state index contributed by atoms with van der Waals surface area (Å²) in [7, 11) is 3.31. The Morgan fingerprint density at radius 2 is 1.97 bits per heavy atom. The molecule has 2 aromatic rings. The maximum Gasteiger partial charge on any atom is 0.146 e. The maximum absolute atomic E-state index is 6.47. The van der Waals surface area contributed by atoms with Crippen molar-refractivity contribution in [1.82, 2.24) is 0 Å². The first kappa shape index (κ1) is 20.5. The van der Waals surface area contributed by atoms with Gasteiger partial charge >= 0.3 is 0 Å². The lowest BCUT2D eigenvalue weighted by Crippen LogP contribution is -2.32. The number of methoxy groups -OCH3 is 2. The smallest absolute Gasteiger partial charge is 0.146 e. The molecule has 0 fully saturated rings. The molecule has 0 aromatic heterocycles. The third-order valence-corrected chi connectivity index (χ3v) is 5.42. The molecule has 1 atom stereocenters. The van der Waals surface area contributed by atoms with Crippen LogP contribution < -0.4 is 14.8 Å². The Morgan fingerprint density at radius 3 is 2.73 bits per heavy atom. The number of hydrogen-bond donors (Lipinski definition) is 1. The Hall–Kier alpha value is -2.76. The average molecular weight is 408 g/mol. The van der Waals surface area contributed by atoms with Crippen LogP contribution in [0.4, 0.5) is 5.69 Å². The molecule has 0 saturated carbocycles. The molecule has 0 spiro atoms. The Bertz CT molecular complexity index is 1010. The van der Waals surface area contributed by atoms with Gasteiger partial charge in [0.2, 0.25) is 0 Å². The number of benzene rings is 2. The molecule has 0 bridgehead atoms. The van der Waals surface area contributed by atoms with Gasteiger partial charge in [-0.15, -0.1) is 0 Å². The molecule has 2 aromatic carbocycles. The van der Waals surface area contributed by atoms with Crippen LogP contribution in [0.15, 0.2) is 48.6 Å². The molecular formula is C25H29NO4. The molecule has 1 N–H and O–H groups in total. The van der Waals surface area contributed by atoms with Crippen LogP contribution in [0.2, 0.25) is 0 Å². The van der Waals surface area contributed by atoms with Crippen molar-refractivity contribution in [3.8, 4) is 22.6 Å². The predicted molar refractivity (Wildman–Crippen MR) is 120 cm³/mol. The summed E-state index contributed by atoms with van der Waals surface area (Å²) in [5, 5.41) is 3.65. The minimum atomic E-state index is -0.230. The van der Waals surface area contributed by atoms with Gasteiger partial charge in [0.25, 0.3) is 0 Å². The molecule has 4 rings (SSSR count). The number of hydrogen-bond acceptors (Lipinski definition) is 5. The second-order valence-electron chi connectivity index (χ2n) is 8.20. The summed E-state index contributed by atoms with van der Waals surface area (Å²) >= 11 is 0. The highest BCUT2D eigenvalue weighted by molar-refractivity contribution is 5.91. The zero-order valence-electron chi connectivity index (χ0n) is 18.2. The van der Waals surface area contributed by atoms with Crippen LogP contribution >= 0.6 is 0 Å². The molecule has 0 amide bonds. The van der Waals surface area contributed by atoms with Gasteiger partial charge in [-0.05, 0) is 56.2 Å². The first-order valence-electron chi connectivity index (χ1n) is 10.2. The fraction of sp³-hybridized carbons (Fsp3) is 0.360. The van der Waals surface area contributed by atoms with Gasteiger partial charge in [-0.25, -0.2) is 0 Å². The molecule has 0 saturated heterocycles. The monoisotopic (exact) mass is 407 g/mol. The number of anilines is 1.